The Morgan fingerprint density at radius 3 is 2.74 bits per heavy atom. The lowest BCUT2D eigenvalue weighted by Crippen LogP contribution is -2.36. The maximum absolute atomic E-state index is 12.9. The number of anilines is 1. The van der Waals surface area contributed by atoms with Crippen LogP contribution in [0, 0.1) is 13.8 Å². The molecule has 0 aliphatic carbocycles. The molecule has 1 aromatic heterocycles. The molecular formula is C18H18N2O3. The van der Waals surface area contributed by atoms with Gasteiger partial charge >= 0.3 is 5.97 Å². The molecule has 1 N–H and O–H groups in total. The number of hydrogen-bond donors (Lipinski definition) is 1. The van der Waals surface area contributed by atoms with Crippen molar-refractivity contribution in [3.05, 3.63) is 58.4 Å². The highest BCUT2D eigenvalue weighted by atomic mass is 16.4. The first-order valence-electron chi connectivity index (χ1n) is 7.58. The van der Waals surface area contributed by atoms with E-state index in [1.807, 2.05) is 13.0 Å². The number of carboxylic acid groups (broad SMARTS) is 1. The number of benzene rings is 1. The number of aryl methyl sites for hydroxylation is 2. The van der Waals surface area contributed by atoms with Crippen LogP contribution < -0.4 is 4.90 Å². The van der Waals surface area contributed by atoms with Crippen LogP contribution >= 0.6 is 0 Å². The quantitative estimate of drug-likeness (QED) is 0.925. The lowest BCUT2D eigenvalue weighted by atomic mass is 9.94. The second-order valence-electron chi connectivity index (χ2n) is 5.87. The van der Waals surface area contributed by atoms with Gasteiger partial charge in [0.25, 0.3) is 5.91 Å². The fourth-order valence-corrected chi connectivity index (χ4v) is 3.12. The highest BCUT2D eigenvalue weighted by molar-refractivity contribution is 6.07. The van der Waals surface area contributed by atoms with E-state index >= 15 is 0 Å². The minimum absolute atomic E-state index is 0.117. The molecule has 5 nitrogen and oxygen atoms in total. The molecule has 0 spiro atoms. The molecule has 0 saturated heterocycles. The van der Waals surface area contributed by atoms with Crippen LogP contribution in [0.5, 0.6) is 0 Å². The molecule has 0 unspecified atom stereocenters. The van der Waals surface area contributed by atoms with Gasteiger partial charge in [-0.3, -0.25) is 4.79 Å². The number of fused-ring (bicyclic) bond motifs is 1. The second kappa shape index (κ2) is 5.83. The molecule has 2 aromatic rings. The molecule has 1 aliphatic rings. The number of rotatable bonds is 2. The highest BCUT2D eigenvalue weighted by Gasteiger charge is 2.25. The summed E-state index contributed by atoms with van der Waals surface area (Å²) in [4.78, 5) is 29.4. The Hall–Kier alpha value is -2.69. The van der Waals surface area contributed by atoms with Crippen molar-refractivity contribution in [1.82, 2.24) is 4.98 Å². The fourth-order valence-electron chi connectivity index (χ4n) is 3.12. The van der Waals surface area contributed by atoms with Crippen LogP contribution in [0.2, 0.25) is 0 Å². The van der Waals surface area contributed by atoms with Crippen molar-refractivity contribution >= 4 is 17.6 Å². The SMILES string of the molecule is Cc1cc(C)c2c(c1)N(C(=O)c1ccnc(C(=O)O)c1)CCC2. The normalized spacial score (nSPS) is 13.6. The molecule has 1 aliphatic heterocycles. The van der Waals surface area contributed by atoms with E-state index in [0.717, 1.165) is 24.1 Å². The van der Waals surface area contributed by atoms with E-state index < -0.39 is 5.97 Å². The number of aromatic carboxylic acids is 1. The molecule has 3 rings (SSSR count). The summed E-state index contributed by atoms with van der Waals surface area (Å²) < 4.78 is 0. The zero-order valence-electron chi connectivity index (χ0n) is 13.2. The molecule has 2 heterocycles. The predicted molar refractivity (Wildman–Crippen MR) is 87.1 cm³/mol. The summed E-state index contributed by atoms with van der Waals surface area (Å²) in [6.45, 7) is 4.72. The zero-order chi connectivity index (χ0) is 16.6. The number of carbonyl (C=O) groups is 2. The Labute approximate surface area is 134 Å². The minimum atomic E-state index is -1.13. The molecule has 0 fully saturated rings. The molecule has 0 radical (unpaired) electrons. The molecule has 1 aromatic carbocycles. The van der Waals surface area contributed by atoms with E-state index in [4.69, 9.17) is 5.11 Å². The smallest absolute Gasteiger partial charge is 0.354 e. The van der Waals surface area contributed by atoms with E-state index in [1.54, 1.807) is 11.0 Å². The van der Waals surface area contributed by atoms with Gasteiger partial charge < -0.3 is 10.0 Å². The summed E-state index contributed by atoms with van der Waals surface area (Å²) in [5.41, 5.74) is 4.67. The number of carbonyl (C=O) groups excluding carboxylic acids is 1. The van der Waals surface area contributed by atoms with Gasteiger partial charge in [-0.1, -0.05) is 6.07 Å². The van der Waals surface area contributed by atoms with Gasteiger partial charge in [0.1, 0.15) is 5.69 Å². The molecule has 0 bridgehead atoms. The van der Waals surface area contributed by atoms with Crippen LogP contribution in [-0.2, 0) is 6.42 Å². The van der Waals surface area contributed by atoms with Gasteiger partial charge in [-0.25, -0.2) is 9.78 Å². The number of carboxylic acids is 1. The van der Waals surface area contributed by atoms with Crippen molar-refractivity contribution in [3.8, 4) is 0 Å². The van der Waals surface area contributed by atoms with Crippen molar-refractivity contribution in [3.63, 3.8) is 0 Å². The van der Waals surface area contributed by atoms with Gasteiger partial charge in [-0.15, -0.1) is 0 Å². The molecule has 5 heteroatoms. The third kappa shape index (κ3) is 2.82. The van der Waals surface area contributed by atoms with Crippen LogP contribution in [-0.4, -0.2) is 28.5 Å². The van der Waals surface area contributed by atoms with Crippen LogP contribution in [0.3, 0.4) is 0 Å². The van der Waals surface area contributed by atoms with Crippen molar-refractivity contribution in [2.75, 3.05) is 11.4 Å². The summed E-state index contributed by atoms with van der Waals surface area (Å²) in [5, 5.41) is 9.04. The number of amides is 1. The predicted octanol–water partition coefficient (Wildman–Crippen LogP) is 2.99. The third-order valence-electron chi connectivity index (χ3n) is 4.16. The number of pyridine rings is 1. The lowest BCUT2D eigenvalue weighted by Gasteiger charge is -2.31. The van der Waals surface area contributed by atoms with E-state index in [1.165, 1.54) is 23.4 Å². The Kier molecular flexibility index (Phi) is 3.86. The molecule has 118 valence electrons. The van der Waals surface area contributed by atoms with Crippen molar-refractivity contribution in [2.24, 2.45) is 0 Å². The van der Waals surface area contributed by atoms with Gasteiger partial charge in [-0.2, -0.15) is 0 Å². The van der Waals surface area contributed by atoms with Gasteiger partial charge in [-0.05, 0) is 61.6 Å². The first-order valence-corrected chi connectivity index (χ1v) is 7.58. The summed E-state index contributed by atoms with van der Waals surface area (Å²) in [5.74, 6) is -1.31. The highest BCUT2D eigenvalue weighted by Crippen LogP contribution is 2.32. The van der Waals surface area contributed by atoms with Crippen LogP contribution in [0.15, 0.2) is 30.5 Å². The monoisotopic (exact) mass is 310 g/mol. The van der Waals surface area contributed by atoms with E-state index in [2.05, 4.69) is 18.0 Å². The zero-order valence-corrected chi connectivity index (χ0v) is 13.2. The maximum Gasteiger partial charge on any atom is 0.354 e. The average molecular weight is 310 g/mol. The minimum Gasteiger partial charge on any atom is -0.477 e. The topological polar surface area (TPSA) is 70.5 Å². The van der Waals surface area contributed by atoms with Crippen molar-refractivity contribution in [2.45, 2.75) is 26.7 Å². The summed E-state index contributed by atoms with van der Waals surface area (Å²) in [6, 6.07) is 7.05. The van der Waals surface area contributed by atoms with Crippen LogP contribution in [0.4, 0.5) is 5.69 Å². The summed E-state index contributed by atoms with van der Waals surface area (Å²) in [6.07, 6.45) is 3.23. The second-order valence-corrected chi connectivity index (χ2v) is 5.87. The Morgan fingerprint density at radius 2 is 2.00 bits per heavy atom. The molecular weight excluding hydrogens is 292 g/mol. The van der Waals surface area contributed by atoms with E-state index in [-0.39, 0.29) is 11.6 Å². The molecule has 1 amide bonds. The first-order chi connectivity index (χ1) is 11.0. The van der Waals surface area contributed by atoms with Gasteiger partial charge in [0.05, 0.1) is 0 Å². The Balaban J connectivity index is 2.02. The fraction of sp³-hybridized carbons (Fsp3) is 0.278. The summed E-state index contributed by atoms with van der Waals surface area (Å²) in [7, 11) is 0. The largest absolute Gasteiger partial charge is 0.477 e. The van der Waals surface area contributed by atoms with E-state index in [0.29, 0.717) is 12.1 Å². The van der Waals surface area contributed by atoms with Crippen molar-refractivity contribution < 1.29 is 14.7 Å². The average Bonchev–Trinajstić information content (AvgIpc) is 2.53. The van der Waals surface area contributed by atoms with Gasteiger partial charge in [0.15, 0.2) is 0 Å². The van der Waals surface area contributed by atoms with Gasteiger partial charge in [0.2, 0.25) is 0 Å². The summed E-state index contributed by atoms with van der Waals surface area (Å²) >= 11 is 0. The number of nitrogens with zero attached hydrogens (tertiary/aromatic N) is 2. The van der Waals surface area contributed by atoms with E-state index in [9.17, 15) is 9.59 Å². The number of hydrogen-bond acceptors (Lipinski definition) is 3. The molecule has 0 saturated carbocycles. The Bertz CT molecular complexity index is 799. The lowest BCUT2D eigenvalue weighted by molar-refractivity contribution is 0.0690. The standard InChI is InChI=1S/C18H18N2O3/c1-11-8-12(2)14-4-3-7-20(16(14)9-11)17(21)13-5-6-19-15(10-13)18(22)23/h5-6,8-10H,3-4,7H2,1-2H3,(H,22,23). The first kappa shape index (κ1) is 15.2. The van der Waals surface area contributed by atoms with Crippen molar-refractivity contribution in [1.29, 1.82) is 0 Å². The molecule has 0 atom stereocenters. The third-order valence-corrected chi connectivity index (χ3v) is 4.16. The van der Waals surface area contributed by atoms with Gasteiger partial charge in [0, 0.05) is 24.0 Å². The van der Waals surface area contributed by atoms with Crippen LogP contribution in [0.1, 0.15) is 44.0 Å². The number of aromatic nitrogens is 1. The van der Waals surface area contributed by atoms with Crippen LogP contribution in [0.25, 0.3) is 0 Å². The Morgan fingerprint density at radius 1 is 1.22 bits per heavy atom. The molecule has 23 heavy (non-hydrogen) atoms. The maximum atomic E-state index is 12.9.